The molecule has 158 valence electrons. The van der Waals surface area contributed by atoms with E-state index in [1.807, 2.05) is 42.6 Å². The first-order valence-electron chi connectivity index (χ1n) is 9.95. The number of halogens is 1. The number of aryl methyl sites for hydroxylation is 1. The van der Waals surface area contributed by atoms with E-state index in [2.05, 4.69) is 33.8 Å². The average molecular weight is 427 g/mol. The fourth-order valence-corrected chi connectivity index (χ4v) is 3.23. The molecule has 0 saturated carbocycles. The zero-order valence-electron chi connectivity index (χ0n) is 17.1. The van der Waals surface area contributed by atoms with E-state index in [9.17, 15) is 4.79 Å². The van der Waals surface area contributed by atoms with E-state index in [0.29, 0.717) is 24.6 Å². The van der Waals surface area contributed by atoms with E-state index < -0.39 is 0 Å². The molecule has 0 aliphatic carbocycles. The number of aliphatic imine (C=N–C) groups is 1. The minimum atomic E-state index is -0.304. The molecule has 2 heterocycles. The maximum absolute atomic E-state index is 12.4. The molecule has 1 aromatic carbocycles. The van der Waals surface area contributed by atoms with E-state index in [1.165, 1.54) is 0 Å². The molecule has 3 aromatic rings. The normalized spacial score (nSPS) is 12.9. The predicted octanol–water partition coefficient (Wildman–Crippen LogP) is 2.91. The number of amidine groups is 1. The number of alkyl halides is 1. The second-order valence-electron chi connectivity index (χ2n) is 7.03. The molecule has 0 bridgehead atoms. The molecule has 30 heavy (non-hydrogen) atoms. The SMILES string of the molecule is C=C[C@@H](CCN=C(N)CCl)NCc1ccc(-n2cc3cc(CC)[nH]c3nc2=O)cc1. The lowest BCUT2D eigenvalue weighted by atomic mass is 10.1. The van der Waals surface area contributed by atoms with Gasteiger partial charge in [0.25, 0.3) is 0 Å². The van der Waals surface area contributed by atoms with Crippen molar-refractivity contribution in [2.24, 2.45) is 10.7 Å². The fourth-order valence-electron chi connectivity index (χ4n) is 3.14. The maximum Gasteiger partial charge on any atom is 0.354 e. The van der Waals surface area contributed by atoms with Gasteiger partial charge in [-0.25, -0.2) is 4.79 Å². The first kappa shape index (κ1) is 21.8. The van der Waals surface area contributed by atoms with Gasteiger partial charge in [0.2, 0.25) is 0 Å². The summed E-state index contributed by atoms with van der Waals surface area (Å²) in [6.45, 7) is 7.20. The molecule has 8 heteroatoms. The number of rotatable bonds is 10. The summed E-state index contributed by atoms with van der Waals surface area (Å²) in [6, 6.07) is 9.99. The molecule has 0 amide bonds. The second kappa shape index (κ2) is 10.2. The zero-order chi connectivity index (χ0) is 21.5. The number of nitrogens with zero attached hydrogens (tertiary/aromatic N) is 3. The lowest BCUT2D eigenvalue weighted by Gasteiger charge is -2.14. The van der Waals surface area contributed by atoms with E-state index in [4.69, 9.17) is 17.3 Å². The molecule has 0 fully saturated rings. The smallest absolute Gasteiger partial charge is 0.354 e. The topological polar surface area (TPSA) is 101 Å². The number of nitrogens with two attached hydrogens (primary N) is 1. The fraction of sp³-hybridized carbons (Fsp3) is 0.318. The molecule has 1 atom stereocenters. The third-order valence-electron chi connectivity index (χ3n) is 4.90. The first-order valence-corrected chi connectivity index (χ1v) is 10.5. The van der Waals surface area contributed by atoms with Crippen LogP contribution in [0.2, 0.25) is 0 Å². The number of hydrogen-bond donors (Lipinski definition) is 3. The lowest BCUT2D eigenvalue weighted by Crippen LogP contribution is -2.27. The molecular weight excluding hydrogens is 400 g/mol. The number of aromatic amines is 1. The molecule has 0 radical (unpaired) electrons. The summed E-state index contributed by atoms with van der Waals surface area (Å²) in [5.74, 6) is 0.692. The van der Waals surface area contributed by atoms with Crippen LogP contribution in [0, 0.1) is 0 Å². The van der Waals surface area contributed by atoms with E-state index in [0.717, 1.165) is 35.2 Å². The molecule has 7 nitrogen and oxygen atoms in total. The van der Waals surface area contributed by atoms with Gasteiger partial charge in [-0.2, -0.15) is 4.98 Å². The number of benzene rings is 1. The Kier molecular flexibility index (Phi) is 7.43. The predicted molar refractivity (Wildman–Crippen MR) is 124 cm³/mol. The second-order valence-corrected chi connectivity index (χ2v) is 7.30. The minimum absolute atomic E-state index is 0.118. The highest BCUT2D eigenvalue weighted by atomic mass is 35.5. The Labute approximate surface area is 180 Å². The highest BCUT2D eigenvalue weighted by Crippen LogP contribution is 2.14. The maximum atomic E-state index is 12.4. The average Bonchev–Trinajstić information content (AvgIpc) is 3.17. The number of H-pyrrole nitrogens is 1. The van der Waals surface area contributed by atoms with Gasteiger partial charge in [0, 0.05) is 36.4 Å². The Morgan fingerprint density at radius 3 is 2.87 bits per heavy atom. The summed E-state index contributed by atoms with van der Waals surface area (Å²) in [4.78, 5) is 24.0. The molecule has 4 N–H and O–H groups in total. The molecule has 0 saturated heterocycles. The van der Waals surface area contributed by atoms with Gasteiger partial charge in [0.15, 0.2) is 0 Å². The molecule has 0 unspecified atom stereocenters. The Morgan fingerprint density at radius 1 is 1.43 bits per heavy atom. The van der Waals surface area contributed by atoms with Gasteiger partial charge in [0.05, 0.1) is 11.6 Å². The number of nitrogens with one attached hydrogen (secondary N) is 2. The van der Waals surface area contributed by atoms with Crippen LogP contribution < -0.4 is 16.7 Å². The third-order valence-corrected chi connectivity index (χ3v) is 5.18. The van der Waals surface area contributed by atoms with Crippen LogP contribution in [0.4, 0.5) is 0 Å². The van der Waals surface area contributed by atoms with Crippen LogP contribution in [-0.2, 0) is 13.0 Å². The zero-order valence-corrected chi connectivity index (χ0v) is 17.8. The summed E-state index contributed by atoms with van der Waals surface area (Å²) in [6.07, 6.45) is 5.35. The summed E-state index contributed by atoms with van der Waals surface area (Å²) in [5, 5.41) is 4.36. The van der Waals surface area contributed by atoms with Crippen LogP contribution in [-0.4, -0.2) is 38.8 Å². The van der Waals surface area contributed by atoms with Gasteiger partial charge in [-0.15, -0.1) is 18.2 Å². The summed E-state index contributed by atoms with van der Waals surface area (Å²) >= 11 is 5.63. The Morgan fingerprint density at radius 2 is 2.20 bits per heavy atom. The van der Waals surface area contributed by atoms with E-state index in [-0.39, 0.29) is 17.6 Å². The summed E-state index contributed by atoms with van der Waals surface area (Å²) in [7, 11) is 0. The van der Waals surface area contributed by atoms with Crippen molar-refractivity contribution in [1.29, 1.82) is 0 Å². The quantitative estimate of drug-likeness (QED) is 0.201. The van der Waals surface area contributed by atoms with Crippen molar-refractivity contribution >= 4 is 28.5 Å². The van der Waals surface area contributed by atoms with Gasteiger partial charge in [-0.3, -0.25) is 9.56 Å². The van der Waals surface area contributed by atoms with Gasteiger partial charge < -0.3 is 16.0 Å². The number of aromatic nitrogens is 3. The molecule has 0 spiro atoms. The summed E-state index contributed by atoms with van der Waals surface area (Å²) < 4.78 is 1.57. The van der Waals surface area contributed by atoms with Crippen molar-refractivity contribution in [1.82, 2.24) is 19.9 Å². The molecule has 3 rings (SSSR count). The van der Waals surface area contributed by atoms with Crippen molar-refractivity contribution in [2.45, 2.75) is 32.4 Å². The van der Waals surface area contributed by atoms with Gasteiger partial charge >= 0.3 is 5.69 Å². The van der Waals surface area contributed by atoms with Gasteiger partial charge in [0.1, 0.15) is 11.5 Å². The van der Waals surface area contributed by atoms with Crippen molar-refractivity contribution < 1.29 is 0 Å². The van der Waals surface area contributed by atoms with Crippen LogP contribution in [0.25, 0.3) is 16.7 Å². The molecule has 0 aliphatic rings. The highest BCUT2D eigenvalue weighted by molar-refractivity contribution is 6.27. The van der Waals surface area contributed by atoms with Crippen molar-refractivity contribution in [3.63, 3.8) is 0 Å². The standard InChI is InChI=1S/C22H27ClN6O/c1-3-17(9-10-25-20(24)12-23)26-13-15-5-7-19(8-6-15)29-14-16-11-18(4-2)27-21(16)28-22(29)30/h3,5-8,11,14,17,26H,1,4,9-10,12-13H2,2H3,(H2,24,25)(H,27,28,30)/t17-/m0/s1. The number of fused-ring (bicyclic) bond motifs is 1. The van der Waals surface area contributed by atoms with E-state index >= 15 is 0 Å². The van der Waals surface area contributed by atoms with Gasteiger partial charge in [-0.1, -0.05) is 25.1 Å². The van der Waals surface area contributed by atoms with Crippen LogP contribution >= 0.6 is 11.6 Å². The van der Waals surface area contributed by atoms with Gasteiger partial charge in [-0.05, 0) is 36.6 Å². The monoisotopic (exact) mass is 426 g/mol. The molecule has 0 aliphatic heterocycles. The van der Waals surface area contributed by atoms with Crippen molar-refractivity contribution in [3.05, 3.63) is 70.9 Å². The third kappa shape index (κ3) is 5.37. The Bertz CT molecular complexity index is 1080. The van der Waals surface area contributed by atoms with Crippen LogP contribution in [0.1, 0.15) is 24.6 Å². The lowest BCUT2D eigenvalue weighted by molar-refractivity contribution is 0.563. The minimum Gasteiger partial charge on any atom is -0.386 e. The van der Waals surface area contributed by atoms with Crippen LogP contribution in [0.15, 0.2) is 59.0 Å². The highest BCUT2D eigenvalue weighted by Gasteiger charge is 2.08. The largest absolute Gasteiger partial charge is 0.386 e. The summed E-state index contributed by atoms with van der Waals surface area (Å²) in [5.41, 5.74) is 8.88. The Balaban J connectivity index is 1.66. The number of hydrogen-bond acceptors (Lipinski definition) is 4. The Hall–Kier alpha value is -2.90. The first-order chi connectivity index (χ1) is 14.5. The van der Waals surface area contributed by atoms with Crippen molar-refractivity contribution in [3.8, 4) is 5.69 Å². The van der Waals surface area contributed by atoms with Crippen LogP contribution in [0.3, 0.4) is 0 Å². The van der Waals surface area contributed by atoms with Crippen LogP contribution in [0.5, 0.6) is 0 Å². The molecule has 2 aromatic heterocycles. The van der Waals surface area contributed by atoms with E-state index in [1.54, 1.807) is 4.57 Å². The van der Waals surface area contributed by atoms with Crippen molar-refractivity contribution in [2.75, 3.05) is 12.4 Å². The molecular formula is C22H27ClN6O.